The zero-order valence-electron chi connectivity index (χ0n) is 18.8. The van der Waals surface area contributed by atoms with Crippen molar-refractivity contribution < 1.29 is 9.59 Å². The Balaban J connectivity index is 1.64. The summed E-state index contributed by atoms with van der Waals surface area (Å²) in [5.41, 5.74) is 3.43. The number of anilines is 1. The zero-order chi connectivity index (χ0) is 22.8. The molecule has 32 heavy (non-hydrogen) atoms. The molecule has 0 fully saturated rings. The first-order valence-corrected chi connectivity index (χ1v) is 12.0. The molecule has 1 N–H and O–H groups in total. The number of thioether (sulfide) groups is 1. The van der Waals surface area contributed by atoms with Gasteiger partial charge in [0, 0.05) is 11.3 Å². The van der Waals surface area contributed by atoms with E-state index in [1.807, 2.05) is 69.3 Å². The number of aryl methyl sites for hydroxylation is 1. The van der Waals surface area contributed by atoms with Crippen molar-refractivity contribution in [3.63, 3.8) is 0 Å². The smallest absolute Gasteiger partial charge is 0.259 e. The van der Waals surface area contributed by atoms with Crippen LogP contribution in [-0.4, -0.2) is 39.0 Å². The fourth-order valence-corrected chi connectivity index (χ4v) is 4.84. The molecule has 0 unspecified atom stereocenters. The highest BCUT2D eigenvalue weighted by Gasteiger charge is 2.43. The Morgan fingerprint density at radius 1 is 1.12 bits per heavy atom. The number of hydrogen-bond acceptors (Lipinski definition) is 5. The maximum Gasteiger partial charge on any atom is 0.259 e. The largest absolute Gasteiger partial charge is 0.325 e. The average molecular weight is 449 g/mol. The number of nitrogens with zero attached hydrogens (tertiary/aromatic N) is 3. The molecule has 166 valence electrons. The summed E-state index contributed by atoms with van der Waals surface area (Å²) in [6, 6.07) is 15.0. The van der Waals surface area contributed by atoms with E-state index in [0.29, 0.717) is 17.4 Å². The van der Waals surface area contributed by atoms with Crippen molar-refractivity contribution >= 4 is 46.0 Å². The first-order chi connectivity index (χ1) is 15.4. The first-order valence-electron chi connectivity index (χ1n) is 11.1. The van der Waals surface area contributed by atoms with Gasteiger partial charge in [-0.25, -0.2) is 9.89 Å². The number of carbonyl (C=O) groups excluding carboxylic acids is 2. The van der Waals surface area contributed by atoms with Crippen molar-refractivity contribution in [2.75, 3.05) is 5.32 Å². The van der Waals surface area contributed by atoms with E-state index < -0.39 is 11.3 Å². The minimum absolute atomic E-state index is 0.0655. The molecule has 0 aromatic heterocycles. The summed E-state index contributed by atoms with van der Waals surface area (Å²) in [7, 11) is 0. The molecule has 0 bridgehead atoms. The van der Waals surface area contributed by atoms with Crippen molar-refractivity contribution in [1.29, 1.82) is 0 Å². The molecule has 0 saturated carbocycles. The summed E-state index contributed by atoms with van der Waals surface area (Å²) in [6.45, 7) is 8.04. The summed E-state index contributed by atoms with van der Waals surface area (Å²) in [5, 5.41) is 3.15. The molecule has 2 aromatic carbocycles. The van der Waals surface area contributed by atoms with Gasteiger partial charge in [-0.15, -0.1) is 0 Å². The molecular weight excluding hydrogens is 420 g/mol. The number of benzene rings is 2. The van der Waals surface area contributed by atoms with E-state index in [4.69, 9.17) is 9.98 Å². The van der Waals surface area contributed by atoms with E-state index in [1.165, 1.54) is 11.8 Å². The Morgan fingerprint density at radius 2 is 1.84 bits per heavy atom. The van der Waals surface area contributed by atoms with E-state index in [2.05, 4.69) is 12.2 Å². The van der Waals surface area contributed by atoms with Crippen molar-refractivity contribution in [1.82, 2.24) is 4.90 Å². The van der Waals surface area contributed by atoms with Gasteiger partial charge in [0.05, 0.1) is 10.9 Å². The van der Waals surface area contributed by atoms with Gasteiger partial charge in [0.15, 0.2) is 5.17 Å². The number of amides is 2. The van der Waals surface area contributed by atoms with Gasteiger partial charge in [0.1, 0.15) is 11.9 Å². The molecule has 0 aliphatic carbocycles. The van der Waals surface area contributed by atoms with Gasteiger partial charge in [-0.2, -0.15) is 0 Å². The van der Waals surface area contributed by atoms with Crippen LogP contribution in [0.15, 0.2) is 58.5 Å². The maximum atomic E-state index is 13.4. The molecule has 0 saturated heterocycles. The number of carbonyl (C=O) groups is 2. The summed E-state index contributed by atoms with van der Waals surface area (Å²) in [6.07, 6.45) is 1.46. The lowest BCUT2D eigenvalue weighted by Crippen LogP contribution is -2.43. The zero-order valence-corrected chi connectivity index (χ0v) is 19.6. The van der Waals surface area contributed by atoms with Gasteiger partial charge in [-0.3, -0.25) is 14.6 Å². The fourth-order valence-electron chi connectivity index (χ4n) is 3.82. The number of rotatable bonds is 6. The average Bonchev–Trinajstić information content (AvgIpc) is 3.16. The second kappa shape index (κ2) is 9.28. The summed E-state index contributed by atoms with van der Waals surface area (Å²) < 4.78 is 0. The summed E-state index contributed by atoms with van der Waals surface area (Å²) in [4.78, 5) is 37.6. The van der Waals surface area contributed by atoms with Gasteiger partial charge < -0.3 is 5.32 Å². The van der Waals surface area contributed by atoms with Gasteiger partial charge in [0.25, 0.3) is 5.91 Å². The highest BCUT2D eigenvalue weighted by atomic mass is 32.2. The molecule has 4 rings (SSSR count). The predicted octanol–water partition coefficient (Wildman–Crippen LogP) is 5.15. The Morgan fingerprint density at radius 3 is 2.56 bits per heavy atom. The third kappa shape index (κ3) is 4.09. The molecule has 6 nitrogen and oxygen atoms in total. The van der Waals surface area contributed by atoms with Gasteiger partial charge in [-0.05, 0) is 43.0 Å². The van der Waals surface area contributed by atoms with Crippen LogP contribution in [0.5, 0.6) is 0 Å². The second-order valence-corrected chi connectivity index (χ2v) is 9.36. The molecule has 3 atom stereocenters. The SMILES string of the molecule is CC[C@H](SC1=Nc2ccccc2C2=N[C@@H]([C@@H](C)CC)C(=O)N12)C(=O)Nc1ccccc1C. The molecule has 2 aliphatic heterocycles. The van der Waals surface area contributed by atoms with Crippen molar-refractivity contribution in [2.24, 2.45) is 15.9 Å². The minimum Gasteiger partial charge on any atom is -0.325 e. The van der Waals surface area contributed by atoms with E-state index >= 15 is 0 Å². The monoisotopic (exact) mass is 448 g/mol. The van der Waals surface area contributed by atoms with Crippen molar-refractivity contribution in [3.8, 4) is 0 Å². The molecule has 2 heterocycles. The molecule has 7 heteroatoms. The third-order valence-electron chi connectivity index (χ3n) is 6.00. The predicted molar refractivity (Wildman–Crippen MR) is 132 cm³/mol. The van der Waals surface area contributed by atoms with Crippen LogP contribution in [0.25, 0.3) is 0 Å². The third-order valence-corrected chi connectivity index (χ3v) is 7.31. The van der Waals surface area contributed by atoms with E-state index in [-0.39, 0.29) is 17.7 Å². The number of para-hydroxylation sites is 2. The van der Waals surface area contributed by atoms with Crippen LogP contribution in [0.4, 0.5) is 11.4 Å². The molecule has 0 radical (unpaired) electrons. The number of hydrogen-bond donors (Lipinski definition) is 1. The number of amidine groups is 2. The Labute approximate surface area is 193 Å². The molecule has 2 aromatic rings. The van der Waals surface area contributed by atoms with Crippen LogP contribution in [0.2, 0.25) is 0 Å². The topological polar surface area (TPSA) is 74.1 Å². The van der Waals surface area contributed by atoms with Gasteiger partial charge in [0.2, 0.25) is 5.91 Å². The van der Waals surface area contributed by atoms with Crippen LogP contribution in [0, 0.1) is 12.8 Å². The second-order valence-electron chi connectivity index (χ2n) is 8.19. The van der Waals surface area contributed by atoms with E-state index in [0.717, 1.165) is 28.9 Å². The number of fused-ring (bicyclic) bond motifs is 3. The quantitative estimate of drug-likeness (QED) is 0.664. The first kappa shape index (κ1) is 22.3. The Bertz CT molecular complexity index is 1110. The minimum atomic E-state index is -0.423. The van der Waals surface area contributed by atoms with Crippen molar-refractivity contribution in [2.45, 2.75) is 51.8 Å². The lowest BCUT2D eigenvalue weighted by atomic mass is 10.00. The normalized spacial score (nSPS) is 18.9. The highest BCUT2D eigenvalue weighted by Crippen LogP contribution is 2.36. The van der Waals surface area contributed by atoms with Gasteiger partial charge in [-0.1, -0.05) is 69.3 Å². The number of nitrogens with one attached hydrogen (secondary N) is 1. The summed E-state index contributed by atoms with van der Waals surface area (Å²) in [5.74, 6) is 0.606. The summed E-state index contributed by atoms with van der Waals surface area (Å²) >= 11 is 1.33. The fraction of sp³-hybridized carbons (Fsp3) is 0.360. The van der Waals surface area contributed by atoms with Crippen LogP contribution in [0.3, 0.4) is 0 Å². The standard InChI is InChI=1S/C25H28N4O2S/c1-5-15(3)21-24(31)29-22(28-21)17-12-8-10-14-19(17)27-25(29)32-20(6-2)23(30)26-18-13-9-7-11-16(18)4/h7-15,20-21H,5-6H2,1-4H3,(H,26,30)/t15-,20-,21-/m0/s1. The Hall–Kier alpha value is -2.93. The molecule has 2 aliphatic rings. The van der Waals surface area contributed by atoms with Crippen LogP contribution in [0.1, 0.15) is 44.7 Å². The van der Waals surface area contributed by atoms with Crippen LogP contribution < -0.4 is 5.32 Å². The maximum absolute atomic E-state index is 13.4. The lowest BCUT2D eigenvalue weighted by Gasteiger charge is -2.27. The van der Waals surface area contributed by atoms with E-state index in [9.17, 15) is 9.59 Å². The van der Waals surface area contributed by atoms with E-state index in [1.54, 1.807) is 4.90 Å². The molecule has 0 spiro atoms. The lowest BCUT2D eigenvalue weighted by molar-refractivity contribution is -0.125. The Kier molecular flexibility index (Phi) is 6.46. The highest BCUT2D eigenvalue weighted by molar-refractivity contribution is 8.15. The van der Waals surface area contributed by atoms with Crippen LogP contribution in [-0.2, 0) is 9.59 Å². The van der Waals surface area contributed by atoms with Crippen LogP contribution >= 0.6 is 11.8 Å². The molecule has 2 amide bonds. The number of aliphatic imine (C=N–C) groups is 2. The van der Waals surface area contributed by atoms with Crippen molar-refractivity contribution in [3.05, 3.63) is 59.7 Å². The van der Waals surface area contributed by atoms with Gasteiger partial charge >= 0.3 is 0 Å². The molecular formula is C25H28N4O2S.